The lowest BCUT2D eigenvalue weighted by molar-refractivity contribution is 0.0515. The van der Waals surface area contributed by atoms with Gasteiger partial charge in [-0.05, 0) is 45.1 Å². The summed E-state index contributed by atoms with van der Waals surface area (Å²) < 4.78 is 5.28. The van der Waals surface area contributed by atoms with Crippen LogP contribution in [-0.2, 0) is 11.3 Å². The third kappa shape index (κ3) is 8.60. The van der Waals surface area contributed by atoms with Gasteiger partial charge in [0.05, 0.1) is 0 Å². The summed E-state index contributed by atoms with van der Waals surface area (Å²) in [5.74, 6) is 0.849. The summed E-state index contributed by atoms with van der Waals surface area (Å²) in [6, 6.07) is 8.50. The van der Waals surface area contributed by atoms with Gasteiger partial charge in [0.15, 0.2) is 0 Å². The molecule has 0 radical (unpaired) electrons. The number of nitrogens with one attached hydrogen (secondary N) is 2. The maximum Gasteiger partial charge on any atom is 0.407 e. The van der Waals surface area contributed by atoms with Gasteiger partial charge in [0, 0.05) is 19.6 Å². The van der Waals surface area contributed by atoms with Crippen LogP contribution in [0.5, 0.6) is 0 Å². The van der Waals surface area contributed by atoms with Crippen molar-refractivity contribution >= 4 is 6.09 Å². The highest BCUT2D eigenvalue weighted by molar-refractivity contribution is 5.67. The van der Waals surface area contributed by atoms with Crippen molar-refractivity contribution in [2.75, 3.05) is 13.1 Å². The van der Waals surface area contributed by atoms with E-state index in [2.05, 4.69) is 55.7 Å². The standard InChI is InChI=1S/C19H32N2O2/c1-14(2)17(13-21-18(22)23-19(4,5)6)12-20-11-16-9-7-8-15(3)10-16/h7-10,14,17,20H,11-13H2,1-6H3,(H,21,22). The van der Waals surface area contributed by atoms with Crippen molar-refractivity contribution in [1.29, 1.82) is 0 Å². The molecule has 4 heteroatoms. The SMILES string of the molecule is Cc1cccc(CNCC(CNC(=O)OC(C)(C)C)C(C)C)c1. The number of alkyl carbamates (subject to hydrolysis) is 1. The van der Waals surface area contributed by atoms with Crippen LogP contribution in [0.15, 0.2) is 24.3 Å². The van der Waals surface area contributed by atoms with Crippen LogP contribution in [0.3, 0.4) is 0 Å². The largest absolute Gasteiger partial charge is 0.444 e. The van der Waals surface area contributed by atoms with Crippen LogP contribution < -0.4 is 10.6 Å². The number of ether oxygens (including phenoxy) is 1. The predicted octanol–water partition coefficient (Wildman–Crippen LogP) is 3.88. The van der Waals surface area contributed by atoms with Gasteiger partial charge in [0.2, 0.25) is 0 Å². The molecule has 4 nitrogen and oxygen atoms in total. The van der Waals surface area contributed by atoms with Gasteiger partial charge in [-0.2, -0.15) is 0 Å². The normalized spacial score (nSPS) is 13.0. The maximum atomic E-state index is 11.8. The molecule has 130 valence electrons. The van der Waals surface area contributed by atoms with E-state index < -0.39 is 5.60 Å². The fraction of sp³-hybridized carbons (Fsp3) is 0.632. The summed E-state index contributed by atoms with van der Waals surface area (Å²) in [5, 5.41) is 6.37. The van der Waals surface area contributed by atoms with Crippen LogP contribution in [0.25, 0.3) is 0 Å². The van der Waals surface area contributed by atoms with E-state index in [9.17, 15) is 4.79 Å². The number of rotatable bonds is 7. The second-order valence-electron chi connectivity index (χ2n) is 7.51. The van der Waals surface area contributed by atoms with Crippen LogP contribution in [-0.4, -0.2) is 24.8 Å². The first-order chi connectivity index (χ1) is 10.7. The Bertz CT molecular complexity index is 492. The van der Waals surface area contributed by atoms with Crippen LogP contribution in [0.4, 0.5) is 4.79 Å². The number of hydrogen-bond acceptors (Lipinski definition) is 3. The van der Waals surface area contributed by atoms with Crippen molar-refractivity contribution < 1.29 is 9.53 Å². The van der Waals surface area contributed by atoms with Crippen LogP contribution in [0.1, 0.15) is 45.7 Å². The molecule has 0 fully saturated rings. The number of aryl methyl sites for hydroxylation is 1. The summed E-state index contributed by atoms with van der Waals surface area (Å²) in [5.41, 5.74) is 2.10. The molecular weight excluding hydrogens is 288 g/mol. The molecule has 0 aliphatic rings. The number of hydrogen-bond donors (Lipinski definition) is 2. The maximum absolute atomic E-state index is 11.8. The Hall–Kier alpha value is -1.55. The third-order valence-corrected chi connectivity index (χ3v) is 3.67. The van der Waals surface area contributed by atoms with E-state index in [0.29, 0.717) is 18.4 Å². The highest BCUT2D eigenvalue weighted by Gasteiger charge is 2.18. The molecule has 0 saturated carbocycles. The van der Waals surface area contributed by atoms with Crippen molar-refractivity contribution in [3.63, 3.8) is 0 Å². The Morgan fingerprint density at radius 1 is 1.22 bits per heavy atom. The average molecular weight is 320 g/mol. The lowest BCUT2D eigenvalue weighted by atomic mass is 9.95. The van der Waals surface area contributed by atoms with Crippen LogP contribution in [0.2, 0.25) is 0 Å². The molecule has 1 amide bonds. The van der Waals surface area contributed by atoms with Crippen molar-refractivity contribution in [1.82, 2.24) is 10.6 Å². The number of carbonyl (C=O) groups excluding carboxylic acids is 1. The Balaban J connectivity index is 2.39. The third-order valence-electron chi connectivity index (χ3n) is 3.67. The van der Waals surface area contributed by atoms with E-state index in [1.165, 1.54) is 11.1 Å². The first kappa shape index (κ1) is 19.5. The predicted molar refractivity (Wildman–Crippen MR) is 95.5 cm³/mol. The molecule has 1 aromatic carbocycles. The summed E-state index contributed by atoms with van der Waals surface area (Å²) in [6.07, 6.45) is -0.346. The molecule has 0 saturated heterocycles. The van der Waals surface area contributed by atoms with E-state index in [1.54, 1.807) is 0 Å². The molecule has 1 rings (SSSR count). The second-order valence-corrected chi connectivity index (χ2v) is 7.51. The van der Waals surface area contributed by atoms with Crippen molar-refractivity contribution in [2.45, 2.75) is 53.7 Å². The van der Waals surface area contributed by atoms with E-state index in [-0.39, 0.29) is 6.09 Å². The summed E-state index contributed by atoms with van der Waals surface area (Å²) in [7, 11) is 0. The fourth-order valence-electron chi connectivity index (χ4n) is 2.30. The first-order valence-corrected chi connectivity index (χ1v) is 8.40. The summed E-state index contributed by atoms with van der Waals surface area (Å²) in [4.78, 5) is 11.8. The molecule has 0 aliphatic heterocycles. The smallest absolute Gasteiger partial charge is 0.407 e. The van der Waals surface area contributed by atoms with Gasteiger partial charge in [0.25, 0.3) is 0 Å². The van der Waals surface area contributed by atoms with Gasteiger partial charge in [-0.1, -0.05) is 43.7 Å². The molecule has 1 unspecified atom stereocenters. The monoisotopic (exact) mass is 320 g/mol. The second kappa shape index (κ2) is 8.92. The Morgan fingerprint density at radius 3 is 2.48 bits per heavy atom. The lowest BCUT2D eigenvalue weighted by Crippen LogP contribution is -2.39. The molecule has 1 atom stereocenters. The van der Waals surface area contributed by atoms with E-state index >= 15 is 0 Å². The van der Waals surface area contributed by atoms with Gasteiger partial charge >= 0.3 is 6.09 Å². The van der Waals surface area contributed by atoms with Crippen LogP contribution in [0, 0.1) is 18.8 Å². The average Bonchev–Trinajstić information content (AvgIpc) is 2.40. The Labute approximate surface area is 141 Å². The zero-order chi connectivity index (χ0) is 17.5. The molecule has 0 aromatic heterocycles. The minimum atomic E-state index is -0.458. The lowest BCUT2D eigenvalue weighted by Gasteiger charge is -2.24. The fourth-order valence-corrected chi connectivity index (χ4v) is 2.30. The quantitative estimate of drug-likeness (QED) is 0.801. The first-order valence-electron chi connectivity index (χ1n) is 8.40. The molecule has 1 aromatic rings. The van der Waals surface area contributed by atoms with E-state index in [0.717, 1.165) is 13.1 Å². The number of benzene rings is 1. The summed E-state index contributed by atoms with van der Waals surface area (Å²) in [6.45, 7) is 14.4. The summed E-state index contributed by atoms with van der Waals surface area (Å²) >= 11 is 0. The zero-order valence-corrected chi connectivity index (χ0v) is 15.4. The molecular formula is C19H32N2O2. The Kier molecular flexibility index (Phi) is 7.56. The van der Waals surface area contributed by atoms with Gasteiger partial charge < -0.3 is 15.4 Å². The van der Waals surface area contributed by atoms with Gasteiger partial charge in [-0.3, -0.25) is 0 Å². The van der Waals surface area contributed by atoms with Gasteiger partial charge in [0.1, 0.15) is 5.60 Å². The molecule has 2 N–H and O–H groups in total. The van der Waals surface area contributed by atoms with Gasteiger partial charge in [-0.15, -0.1) is 0 Å². The highest BCUT2D eigenvalue weighted by atomic mass is 16.6. The number of amides is 1. The minimum Gasteiger partial charge on any atom is -0.444 e. The molecule has 0 heterocycles. The molecule has 0 spiro atoms. The minimum absolute atomic E-state index is 0.346. The topological polar surface area (TPSA) is 50.4 Å². The van der Waals surface area contributed by atoms with Crippen molar-refractivity contribution in [2.24, 2.45) is 11.8 Å². The van der Waals surface area contributed by atoms with E-state index in [4.69, 9.17) is 4.74 Å². The molecule has 23 heavy (non-hydrogen) atoms. The van der Waals surface area contributed by atoms with Crippen molar-refractivity contribution in [3.8, 4) is 0 Å². The highest BCUT2D eigenvalue weighted by Crippen LogP contribution is 2.11. The van der Waals surface area contributed by atoms with Crippen molar-refractivity contribution in [3.05, 3.63) is 35.4 Å². The van der Waals surface area contributed by atoms with E-state index in [1.807, 2.05) is 20.8 Å². The van der Waals surface area contributed by atoms with Crippen LogP contribution >= 0.6 is 0 Å². The van der Waals surface area contributed by atoms with Gasteiger partial charge in [-0.25, -0.2) is 4.79 Å². The molecule has 0 aliphatic carbocycles. The zero-order valence-electron chi connectivity index (χ0n) is 15.4. The number of carbonyl (C=O) groups is 1. The molecule has 0 bridgehead atoms. The Morgan fingerprint density at radius 2 is 1.91 bits per heavy atom.